The van der Waals surface area contributed by atoms with Gasteiger partial charge in [0, 0.05) is 25.2 Å². The molecule has 0 aliphatic carbocycles. The van der Waals surface area contributed by atoms with Gasteiger partial charge < -0.3 is 15.3 Å². The molecule has 5 nitrogen and oxygen atoms in total. The van der Waals surface area contributed by atoms with Gasteiger partial charge in [0.2, 0.25) is 0 Å². The number of carboxylic acids is 1. The van der Waals surface area contributed by atoms with Crippen molar-refractivity contribution in [1.29, 1.82) is 0 Å². The standard InChI is InChI=1S/C13H13F3N2O3/c14-8-5-9(15)11(10(16)6-8)17-13(21)18-3-1-7(2-4-18)12(19)20/h5-7H,1-4H2,(H,17,21)(H,19,20). The number of nitrogens with zero attached hydrogens (tertiary/aromatic N) is 1. The fourth-order valence-corrected chi connectivity index (χ4v) is 2.18. The second kappa shape index (κ2) is 6.02. The third kappa shape index (κ3) is 3.45. The molecule has 0 saturated carbocycles. The molecule has 2 rings (SSSR count). The van der Waals surface area contributed by atoms with E-state index in [0.29, 0.717) is 12.1 Å². The van der Waals surface area contributed by atoms with Crippen molar-refractivity contribution >= 4 is 17.7 Å². The first kappa shape index (κ1) is 15.1. The number of amides is 2. The number of urea groups is 1. The molecule has 2 N–H and O–H groups in total. The Hall–Kier alpha value is -2.25. The number of anilines is 1. The molecule has 0 radical (unpaired) electrons. The predicted molar refractivity (Wildman–Crippen MR) is 67.3 cm³/mol. The average molecular weight is 302 g/mol. The zero-order valence-electron chi connectivity index (χ0n) is 10.9. The summed E-state index contributed by atoms with van der Waals surface area (Å²) in [5.41, 5.74) is -0.721. The highest BCUT2D eigenvalue weighted by Crippen LogP contribution is 2.22. The first-order valence-corrected chi connectivity index (χ1v) is 6.31. The number of aliphatic carboxylic acids is 1. The number of rotatable bonds is 2. The van der Waals surface area contributed by atoms with Gasteiger partial charge in [-0.05, 0) is 12.8 Å². The molecule has 0 aromatic heterocycles. The molecule has 2 amide bonds. The van der Waals surface area contributed by atoms with Crippen LogP contribution in [0.4, 0.5) is 23.7 Å². The summed E-state index contributed by atoms with van der Waals surface area (Å²) in [4.78, 5) is 23.9. The minimum atomic E-state index is -1.21. The number of carboxylic acid groups (broad SMARTS) is 1. The lowest BCUT2D eigenvalue weighted by Crippen LogP contribution is -2.42. The van der Waals surface area contributed by atoms with E-state index in [-0.39, 0.29) is 25.9 Å². The van der Waals surface area contributed by atoms with Crippen molar-refractivity contribution in [3.8, 4) is 0 Å². The second-order valence-corrected chi connectivity index (χ2v) is 4.77. The Balaban J connectivity index is 2.01. The van der Waals surface area contributed by atoms with Crippen LogP contribution in [0.1, 0.15) is 12.8 Å². The van der Waals surface area contributed by atoms with Gasteiger partial charge in [-0.25, -0.2) is 18.0 Å². The van der Waals surface area contributed by atoms with Gasteiger partial charge in [-0.3, -0.25) is 4.79 Å². The van der Waals surface area contributed by atoms with Crippen molar-refractivity contribution in [3.63, 3.8) is 0 Å². The Morgan fingerprint density at radius 2 is 1.67 bits per heavy atom. The highest BCUT2D eigenvalue weighted by atomic mass is 19.1. The Labute approximate surface area is 118 Å². The van der Waals surface area contributed by atoms with E-state index in [1.165, 1.54) is 4.90 Å². The Morgan fingerprint density at radius 1 is 1.14 bits per heavy atom. The molecular formula is C13H13F3N2O3. The molecule has 8 heteroatoms. The first-order valence-electron chi connectivity index (χ1n) is 6.31. The van der Waals surface area contributed by atoms with Crippen LogP contribution in [0.5, 0.6) is 0 Å². The summed E-state index contributed by atoms with van der Waals surface area (Å²) in [6, 6.07) is 0.188. The highest BCUT2D eigenvalue weighted by Gasteiger charge is 2.27. The van der Waals surface area contributed by atoms with Crippen molar-refractivity contribution in [2.24, 2.45) is 5.92 Å². The Morgan fingerprint density at radius 3 is 2.14 bits per heavy atom. The van der Waals surface area contributed by atoms with Gasteiger partial charge in [-0.15, -0.1) is 0 Å². The maximum atomic E-state index is 13.4. The number of hydrogen-bond acceptors (Lipinski definition) is 2. The summed E-state index contributed by atoms with van der Waals surface area (Å²) in [6.07, 6.45) is 0.550. The summed E-state index contributed by atoms with van der Waals surface area (Å²) in [5.74, 6) is -4.94. The largest absolute Gasteiger partial charge is 0.481 e. The molecule has 114 valence electrons. The summed E-state index contributed by atoms with van der Waals surface area (Å²) in [6.45, 7) is 0.348. The van der Waals surface area contributed by atoms with Crippen LogP contribution in [0, 0.1) is 23.4 Å². The van der Waals surface area contributed by atoms with E-state index in [9.17, 15) is 22.8 Å². The second-order valence-electron chi connectivity index (χ2n) is 4.77. The van der Waals surface area contributed by atoms with E-state index >= 15 is 0 Å². The van der Waals surface area contributed by atoms with Crippen molar-refractivity contribution in [2.75, 3.05) is 18.4 Å². The lowest BCUT2D eigenvalue weighted by atomic mass is 9.97. The molecular weight excluding hydrogens is 289 g/mol. The van der Waals surface area contributed by atoms with Gasteiger partial charge in [0.05, 0.1) is 5.92 Å². The summed E-state index contributed by atoms with van der Waals surface area (Å²) < 4.78 is 39.6. The monoisotopic (exact) mass is 302 g/mol. The number of carbonyl (C=O) groups is 2. The number of hydrogen-bond donors (Lipinski definition) is 2. The average Bonchev–Trinajstić information content (AvgIpc) is 2.42. The third-order valence-corrected chi connectivity index (χ3v) is 3.37. The molecule has 0 unspecified atom stereocenters. The number of benzene rings is 1. The lowest BCUT2D eigenvalue weighted by molar-refractivity contribution is -0.143. The number of halogens is 3. The topological polar surface area (TPSA) is 69.6 Å². The van der Waals surface area contributed by atoms with E-state index < -0.39 is 41.1 Å². The van der Waals surface area contributed by atoms with Gasteiger partial charge in [0.25, 0.3) is 0 Å². The van der Waals surface area contributed by atoms with Crippen LogP contribution in [0.3, 0.4) is 0 Å². The Bertz CT molecular complexity index is 549. The van der Waals surface area contributed by atoms with Crippen molar-refractivity contribution < 1.29 is 27.9 Å². The molecule has 1 aromatic carbocycles. The quantitative estimate of drug-likeness (QED) is 0.881. The third-order valence-electron chi connectivity index (χ3n) is 3.37. The van der Waals surface area contributed by atoms with Crippen molar-refractivity contribution in [3.05, 3.63) is 29.6 Å². The first-order chi connectivity index (χ1) is 9.88. The SMILES string of the molecule is O=C(O)C1CCN(C(=O)Nc2c(F)cc(F)cc2F)CC1. The zero-order valence-corrected chi connectivity index (χ0v) is 10.9. The van der Waals surface area contributed by atoms with Crippen LogP contribution in [-0.2, 0) is 4.79 Å². The van der Waals surface area contributed by atoms with E-state index in [4.69, 9.17) is 5.11 Å². The minimum Gasteiger partial charge on any atom is -0.481 e. The number of nitrogens with one attached hydrogen (secondary N) is 1. The lowest BCUT2D eigenvalue weighted by Gasteiger charge is -2.30. The number of likely N-dealkylation sites (tertiary alicyclic amines) is 1. The molecule has 1 aliphatic heterocycles. The van der Waals surface area contributed by atoms with Gasteiger partial charge in [0.1, 0.15) is 11.5 Å². The molecule has 1 aliphatic rings. The molecule has 1 heterocycles. The van der Waals surface area contributed by atoms with Crippen molar-refractivity contribution in [2.45, 2.75) is 12.8 Å². The predicted octanol–water partition coefficient (Wildman–Crippen LogP) is 2.43. The molecule has 0 spiro atoms. The smallest absolute Gasteiger partial charge is 0.322 e. The highest BCUT2D eigenvalue weighted by molar-refractivity contribution is 5.89. The van der Waals surface area contributed by atoms with E-state index in [1.54, 1.807) is 0 Å². The van der Waals surface area contributed by atoms with Gasteiger partial charge in [0.15, 0.2) is 11.6 Å². The molecule has 0 bridgehead atoms. The van der Waals surface area contributed by atoms with Crippen molar-refractivity contribution in [1.82, 2.24) is 4.90 Å². The molecule has 0 atom stereocenters. The van der Waals surface area contributed by atoms with Crippen LogP contribution < -0.4 is 5.32 Å². The summed E-state index contributed by atoms with van der Waals surface area (Å²) in [7, 11) is 0. The number of piperidine rings is 1. The van der Waals surface area contributed by atoms with Crippen LogP contribution in [0.15, 0.2) is 12.1 Å². The van der Waals surface area contributed by atoms with Crippen LogP contribution in [0.25, 0.3) is 0 Å². The van der Waals surface area contributed by atoms with Gasteiger partial charge in [-0.1, -0.05) is 0 Å². The van der Waals surface area contributed by atoms with E-state index in [1.807, 2.05) is 5.32 Å². The number of carbonyl (C=O) groups excluding carboxylic acids is 1. The molecule has 1 saturated heterocycles. The Kier molecular flexibility index (Phi) is 4.35. The minimum absolute atomic E-state index is 0.174. The summed E-state index contributed by atoms with van der Waals surface area (Å²) >= 11 is 0. The van der Waals surface area contributed by atoms with Crippen LogP contribution in [-0.4, -0.2) is 35.1 Å². The maximum Gasteiger partial charge on any atom is 0.322 e. The molecule has 21 heavy (non-hydrogen) atoms. The van der Waals surface area contributed by atoms with E-state index in [0.717, 1.165) is 0 Å². The fraction of sp³-hybridized carbons (Fsp3) is 0.385. The van der Waals surface area contributed by atoms with Gasteiger partial charge >= 0.3 is 12.0 Å². The van der Waals surface area contributed by atoms with Crippen LogP contribution >= 0.6 is 0 Å². The fourth-order valence-electron chi connectivity index (χ4n) is 2.18. The normalized spacial score (nSPS) is 15.9. The van der Waals surface area contributed by atoms with Gasteiger partial charge in [-0.2, -0.15) is 0 Å². The summed E-state index contributed by atoms with van der Waals surface area (Å²) in [5, 5.41) is 10.9. The molecule has 1 aromatic rings. The van der Waals surface area contributed by atoms with Crippen LogP contribution in [0.2, 0.25) is 0 Å². The van der Waals surface area contributed by atoms with E-state index in [2.05, 4.69) is 0 Å². The maximum absolute atomic E-state index is 13.4. The zero-order chi connectivity index (χ0) is 15.6. The molecule has 1 fully saturated rings.